The number of urea groups is 1. The van der Waals surface area contributed by atoms with Gasteiger partial charge in [-0.1, -0.05) is 17.7 Å². The summed E-state index contributed by atoms with van der Waals surface area (Å²) in [6.07, 6.45) is 8.23. The first-order valence-corrected chi connectivity index (χ1v) is 9.81. The van der Waals surface area contributed by atoms with Crippen LogP contribution in [0.1, 0.15) is 42.5 Å². The molecule has 2 amide bonds. The number of carbonyl (C=O) groups excluding carboxylic acids is 2. The maximum atomic E-state index is 12.4. The second-order valence-electron chi connectivity index (χ2n) is 7.11. The van der Waals surface area contributed by atoms with Gasteiger partial charge in [0.1, 0.15) is 0 Å². The molecule has 6 nitrogen and oxygen atoms in total. The van der Waals surface area contributed by atoms with E-state index < -0.39 is 0 Å². The number of methoxy groups -OCH3 is 1. The van der Waals surface area contributed by atoms with Crippen molar-refractivity contribution in [2.45, 2.75) is 32.1 Å². The van der Waals surface area contributed by atoms with E-state index in [4.69, 9.17) is 4.74 Å². The molecule has 0 unspecified atom stereocenters. The number of rotatable bonds is 5. The van der Waals surface area contributed by atoms with Crippen LogP contribution in [0, 0.1) is 0 Å². The number of hydrogen-bond acceptors (Lipinski definition) is 4. The summed E-state index contributed by atoms with van der Waals surface area (Å²) in [5, 5.41) is 3.05. The highest BCUT2D eigenvalue weighted by Crippen LogP contribution is 2.20. The fourth-order valence-electron chi connectivity index (χ4n) is 3.69. The Bertz CT molecular complexity index is 694. The summed E-state index contributed by atoms with van der Waals surface area (Å²) in [5.41, 5.74) is 3.02. The Kier molecular flexibility index (Phi) is 6.74. The molecule has 0 bridgehead atoms. The number of esters is 1. The van der Waals surface area contributed by atoms with E-state index in [0.29, 0.717) is 25.2 Å². The highest BCUT2D eigenvalue weighted by Gasteiger charge is 2.21. The predicted molar refractivity (Wildman–Crippen MR) is 106 cm³/mol. The fraction of sp³-hybridized carbons (Fsp3) is 0.524. The van der Waals surface area contributed by atoms with Crippen molar-refractivity contribution >= 4 is 17.7 Å². The van der Waals surface area contributed by atoms with Crippen molar-refractivity contribution in [1.29, 1.82) is 0 Å². The lowest BCUT2D eigenvalue weighted by Crippen LogP contribution is -2.52. The molecule has 1 fully saturated rings. The zero-order valence-corrected chi connectivity index (χ0v) is 16.1. The molecule has 1 aromatic rings. The number of piperazine rings is 1. The van der Waals surface area contributed by atoms with Crippen molar-refractivity contribution in [2.75, 3.05) is 44.7 Å². The van der Waals surface area contributed by atoms with Gasteiger partial charge >= 0.3 is 12.0 Å². The summed E-state index contributed by atoms with van der Waals surface area (Å²) in [6.45, 7) is 3.58. The fourth-order valence-corrected chi connectivity index (χ4v) is 3.69. The molecule has 1 N–H and O–H groups in total. The molecule has 0 saturated carbocycles. The Morgan fingerprint density at radius 2 is 1.96 bits per heavy atom. The molecule has 0 atom stereocenters. The molecule has 3 rings (SSSR count). The molecule has 1 aliphatic heterocycles. The molecular formula is C21H29N3O3. The van der Waals surface area contributed by atoms with Crippen LogP contribution < -0.4 is 10.2 Å². The number of allylic oxidation sites excluding steroid dienone is 1. The lowest BCUT2D eigenvalue weighted by Gasteiger charge is -2.36. The van der Waals surface area contributed by atoms with Gasteiger partial charge in [0.05, 0.1) is 12.7 Å². The minimum absolute atomic E-state index is 0.0226. The Morgan fingerprint density at radius 3 is 2.67 bits per heavy atom. The molecule has 1 aliphatic carbocycles. The number of anilines is 1. The van der Waals surface area contributed by atoms with Crippen LogP contribution >= 0.6 is 0 Å². The average molecular weight is 371 g/mol. The van der Waals surface area contributed by atoms with E-state index in [2.05, 4.69) is 16.3 Å². The molecule has 1 heterocycles. The van der Waals surface area contributed by atoms with Gasteiger partial charge in [-0.3, -0.25) is 0 Å². The second-order valence-corrected chi connectivity index (χ2v) is 7.11. The zero-order chi connectivity index (χ0) is 19.1. The van der Waals surface area contributed by atoms with Gasteiger partial charge in [-0.2, -0.15) is 0 Å². The topological polar surface area (TPSA) is 61.9 Å². The van der Waals surface area contributed by atoms with Crippen LogP contribution in [0.3, 0.4) is 0 Å². The van der Waals surface area contributed by atoms with Crippen molar-refractivity contribution in [1.82, 2.24) is 10.2 Å². The van der Waals surface area contributed by atoms with E-state index in [9.17, 15) is 9.59 Å². The maximum absolute atomic E-state index is 12.4. The van der Waals surface area contributed by atoms with E-state index in [-0.39, 0.29) is 12.0 Å². The van der Waals surface area contributed by atoms with Gasteiger partial charge < -0.3 is 19.9 Å². The van der Waals surface area contributed by atoms with Crippen molar-refractivity contribution in [3.63, 3.8) is 0 Å². The third-order valence-electron chi connectivity index (χ3n) is 5.31. The van der Waals surface area contributed by atoms with Crippen LogP contribution in [-0.2, 0) is 4.74 Å². The molecule has 2 aliphatic rings. The van der Waals surface area contributed by atoms with Gasteiger partial charge in [-0.05, 0) is 50.3 Å². The SMILES string of the molecule is COC(=O)c1cccc(N2CCN(C(=O)NCCC3=CCCCC3)CC2)c1. The highest BCUT2D eigenvalue weighted by atomic mass is 16.5. The summed E-state index contributed by atoms with van der Waals surface area (Å²) in [4.78, 5) is 28.1. The molecule has 1 saturated heterocycles. The molecule has 1 aromatic carbocycles. The van der Waals surface area contributed by atoms with Crippen LogP contribution in [0.25, 0.3) is 0 Å². The highest BCUT2D eigenvalue weighted by molar-refractivity contribution is 5.90. The summed E-state index contributed by atoms with van der Waals surface area (Å²) in [6, 6.07) is 7.47. The molecule has 6 heteroatoms. The van der Waals surface area contributed by atoms with Crippen molar-refractivity contribution in [2.24, 2.45) is 0 Å². The van der Waals surface area contributed by atoms with E-state index in [1.165, 1.54) is 38.4 Å². The molecule has 146 valence electrons. The first-order chi connectivity index (χ1) is 13.2. The normalized spacial score (nSPS) is 17.3. The number of nitrogens with one attached hydrogen (secondary N) is 1. The van der Waals surface area contributed by atoms with Gasteiger partial charge in [-0.15, -0.1) is 0 Å². The van der Waals surface area contributed by atoms with Crippen LogP contribution in [0.4, 0.5) is 10.5 Å². The summed E-state index contributed by atoms with van der Waals surface area (Å²) in [7, 11) is 1.39. The summed E-state index contributed by atoms with van der Waals surface area (Å²) >= 11 is 0. The number of hydrogen-bond donors (Lipinski definition) is 1. The van der Waals surface area contributed by atoms with Gasteiger partial charge in [0.25, 0.3) is 0 Å². The molecule has 0 spiro atoms. The number of ether oxygens (including phenoxy) is 1. The minimum Gasteiger partial charge on any atom is -0.465 e. The van der Waals surface area contributed by atoms with Crippen LogP contribution in [0.2, 0.25) is 0 Å². The lowest BCUT2D eigenvalue weighted by molar-refractivity contribution is 0.0600. The van der Waals surface area contributed by atoms with E-state index in [1.54, 1.807) is 6.07 Å². The van der Waals surface area contributed by atoms with Gasteiger partial charge in [-0.25, -0.2) is 9.59 Å². The van der Waals surface area contributed by atoms with Crippen molar-refractivity contribution < 1.29 is 14.3 Å². The molecule has 0 radical (unpaired) electrons. The second kappa shape index (κ2) is 9.44. The lowest BCUT2D eigenvalue weighted by atomic mass is 9.97. The van der Waals surface area contributed by atoms with Crippen LogP contribution in [0.15, 0.2) is 35.9 Å². The molecule has 0 aromatic heterocycles. The third kappa shape index (κ3) is 5.25. The summed E-state index contributed by atoms with van der Waals surface area (Å²) < 4.78 is 4.79. The van der Waals surface area contributed by atoms with Gasteiger partial charge in [0.2, 0.25) is 0 Å². The first-order valence-electron chi connectivity index (χ1n) is 9.81. The Morgan fingerprint density at radius 1 is 1.15 bits per heavy atom. The number of nitrogens with zero attached hydrogens (tertiary/aromatic N) is 2. The number of benzene rings is 1. The summed E-state index contributed by atoms with van der Waals surface area (Å²) in [5.74, 6) is -0.331. The van der Waals surface area contributed by atoms with E-state index in [0.717, 1.165) is 25.2 Å². The van der Waals surface area contributed by atoms with E-state index in [1.807, 2.05) is 23.1 Å². The molecule has 27 heavy (non-hydrogen) atoms. The first kappa shape index (κ1) is 19.3. The van der Waals surface area contributed by atoms with Gasteiger partial charge in [0, 0.05) is 38.4 Å². The zero-order valence-electron chi connectivity index (χ0n) is 16.1. The van der Waals surface area contributed by atoms with Crippen molar-refractivity contribution in [3.8, 4) is 0 Å². The Balaban J connectivity index is 1.45. The predicted octanol–water partition coefficient (Wildman–Crippen LogP) is 3.20. The van der Waals surface area contributed by atoms with Gasteiger partial charge in [0.15, 0.2) is 0 Å². The Labute approximate surface area is 161 Å². The largest absolute Gasteiger partial charge is 0.465 e. The smallest absolute Gasteiger partial charge is 0.337 e. The minimum atomic E-state index is -0.331. The number of carbonyl (C=O) groups is 2. The average Bonchev–Trinajstić information content (AvgIpc) is 2.74. The monoisotopic (exact) mass is 371 g/mol. The van der Waals surface area contributed by atoms with Crippen molar-refractivity contribution in [3.05, 3.63) is 41.5 Å². The Hall–Kier alpha value is -2.50. The third-order valence-corrected chi connectivity index (χ3v) is 5.31. The van der Waals surface area contributed by atoms with Crippen LogP contribution in [0.5, 0.6) is 0 Å². The van der Waals surface area contributed by atoms with Crippen LogP contribution in [-0.4, -0.2) is 56.7 Å². The van der Waals surface area contributed by atoms with E-state index >= 15 is 0 Å². The molecular weight excluding hydrogens is 342 g/mol. The maximum Gasteiger partial charge on any atom is 0.337 e. The standard InChI is InChI=1S/C21H29N3O3/c1-27-20(25)18-8-5-9-19(16-18)23-12-14-24(15-13-23)21(26)22-11-10-17-6-3-2-4-7-17/h5-6,8-9,16H,2-4,7,10-15H2,1H3,(H,22,26). The number of amides is 2. The quantitative estimate of drug-likeness (QED) is 0.638.